The van der Waals surface area contributed by atoms with Gasteiger partial charge in [-0.1, -0.05) is 35.9 Å². The monoisotopic (exact) mass is 410 g/mol. The minimum Gasteiger partial charge on any atom is -0.332 e. The van der Waals surface area contributed by atoms with Gasteiger partial charge in [-0.2, -0.15) is 10.4 Å². The molecule has 0 saturated heterocycles. The highest BCUT2D eigenvalue weighted by Crippen LogP contribution is 2.20. The Balaban J connectivity index is 1.84. The number of nitriles is 1. The maximum absolute atomic E-state index is 13.6. The van der Waals surface area contributed by atoms with E-state index in [-0.39, 0.29) is 24.8 Å². The van der Waals surface area contributed by atoms with Gasteiger partial charge in [-0.3, -0.25) is 9.48 Å². The summed E-state index contributed by atoms with van der Waals surface area (Å²) in [6, 6.07) is 15.3. The standard InChI is InChI=1S/C22H20ClFN4O/c1-15-22(23)16(2)28(26-15)14-21(29)27(13-19-4-3-5-20(24)10-19)12-18-8-6-17(11-25)7-9-18/h3-10H,12-14H2,1-2H3. The molecular formula is C22H20ClFN4O. The lowest BCUT2D eigenvalue weighted by Gasteiger charge is -2.23. The van der Waals surface area contributed by atoms with Gasteiger partial charge in [0.2, 0.25) is 5.91 Å². The smallest absolute Gasteiger partial charge is 0.244 e. The molecule has 1 amide bonds. The molecule has 0 atom stereocenters. The number of hydrogen-bond acceptors (Lipinski definition) is 3. The Hall–Kier alpha value is -3.17. The van der Waals surface area contributed by atoms with Crippen molar-refractivity contribution in [2.75, 3.05) is 0 Å². The predicted molar refractivity (Wildman–Crippen MR) is 109 cm³/mol. The predicted octanol–water partition coefficient (Wildman–Crippen LogP) is 4.39. The van der Waals surface area contributed by atoms with Crippen molar-refractivity contribution in [3.05, 3.63) is 87.4 Å². The van der Waals surface area contributed by atoms with Crippen molar-refractivity contribution >= 4 is 17.5 Å². The Morgan fingerprint density at radius 1 is 1.17 bits per heavy atom. The second-order valence-electron chi connectivity index (χ2n) is 6.83. The second-order valence-corrected chi connectivity index (χ2v) is 7.21. The minimum atomic E-state index is -0.349. The van der Waals surface area contributed by atoms with Crippen molar-refractivity contribution in [3.8, 4) is 6.07 Å². The van der Waals surface area contributed by atoms with E-state index >= 15 is 0 Å². The molecule has 0 fully saturated rings. The Morgan fingerprint density at radius 3 is 2.45 bits per heavy atom. The molecule has 0 N–H and O–H groups in total. The van der Waals surface area contributed by atoms with Crippen LogP contribution < -0.4 is 0 Å². The zero-order valence-corrected chi connectivity index (χ0v) is 16.9. The molecule has 0 saturated carbocycles. The van der Waals surface area contributed by atoms with Gasteiger partial charge in [0, 0.05) is 13.1 Å². The van der Waals surface area contributed by atoms with E-state index < -0.39 is 0 Å². The topological polar surface area (TPSA) is 61.9 Å². The third-order valence-electron chi connectivity index (χ3n) is 4.65. The molecule has 3 rings (SSSR count). The third kappa shape index (κ3) is 5.01. The molecule has 0 radical (unpaired) electrons. The third-order valence-corrected chi connectivity index (χ3v) is 5.20. The highest BCUT2D eigenvalue weighted by Gasteiger charge is 2.19. The Bertz CT molecular complexity index is 1070. The van der Waals surface area contributed by atoms with Crippen LogP contribution >= 0.6 is 11.6 Å². The number of aryl methyl sites for hydroxylation is 1. The van der Waals surface area contributed by atoms with Crippen LogP contribution in [0, 0.1) is 31.0 Å². The molecule has 2 aromatic carbocycles. The summed E-state index contributed by atoms with van der Waals surface area (Å²) in [6.07, 6.45) is 0. The fraction of sp³-hybridized carbons (Fsp3) is 0.227. The number of aromatic nitrogens is 2. The number of benzene rings is 2. The molecule has 29 heavy (non-hydrogen) atoms. The molecule has 0 aliphatic carbocycles. The van der Waals surface area contributed by atoms with Crippen molar-refractivity contribution in [1.82, 2.24) is 14.7 Å². The van der Waals surface area contributed by atoms with E-state index in [0.717, 1.165) is 11.3 Å². The fourth-order valence-corrected chi connectivity index (χ4v) is 3.19. The van der Waals surface area contributed by atoms with Gasteiger partial charge in [0.1, 0.15) is 12.4 Å². The summed E-state index contributed by atoms with van der Waals surface area (Å²) in [7, 11) is 0. The number of amides is 1. The summed E-state index contributed by atoms with van der Waals surface area (Å²) in [5.41, 5.74) is 3.51. The van der Waals surface area contributed by atoms with Crippen molar-refractivity contribution < 1.29 is 9.18 Å². The van der Waals surface area contributed by atoms with Crippen LogP contribution in [-0.4, -0.2) is 20.6 Å². The zero-order chi connectivity index (χ0) is 21.0. The lowest BCUT2D eigenvalue weighted by atomic mass is 10.1. The fourth-order valence-electron chi connectivity index (χ4n) is 3.05. The molecule has 0 unspecified atom stereocenters. The van der Waals surface area contributed by atoms with E-state index in [9.17, 15) is 9.18 Å². The second kappa shape index (κ2) is 8.89. The molecule has 0 aliphatic rings. The summed E-state index contributed by atoms with van der Waals surface area (Å²) < 4.78 is 15.2. The van der Waals surface area contributed by atoms with Gasteiger partial charge in [0.05, 0.1) is 28.0 Å². The number of carbonyl (C=O) groups is 1. The zero-order valence-electron chi connectivity index (χ0n) is 16.2. The summed E-state index contributed by atoms with van der Waals surface area (Å²) in [4.78, 5) is 14.7. The van der Waals surface area contributed by atoms with Crippen LogP contribution in [0.2, 0.25) is 5.02 Å². The van der Waals surface area contributed by atoms with Gasteiger partial charge < -0.3 is 4.90 Å². The molecule has 3 aromatic rings. The molecule has 1 heterocycles. The number of hydrogen-bond donors (Lipinski definition) is 0. The SMILES string of the molecule is Cc1nn(CC(=O)N(Cc2ccc(C#N)cc2)Cc2cccc(F)c2)c(C)c1Cl. The van der Waals surface area contributed by atoms with E-state index in [2.05, 4.69) is 11.2 Å². The Labute approximate surface area is 173 Å². The van der Waals surface area contributed by atoms with Crippen molar-refractivity contribution in [3.63, 3.8) is 0 Å². The van der Waals surface area contributed by atoms with Crippen molar-refractivity contribution in [1.29, 1.82) is 5.26 Å². The first-order chi connectivity index (χ1) is 13.9. The number of carbonyl (C=O) groups excluding carboxylic acids is 1. The van der Waals surface area contributed by atoms with Crippen LogP contribution in [0.1, 0.15) is 28.1 Å². The normalized spacial score (nSPS) is 10.6. The molecule has 1 aromatic heterocycles. The molecule has 7 heteroatoms. The quantitative estimate of drug-likeness (QED) is 0.605. The van der Waals surface area contributed by atoms with Crippen LogP contribution in [0.15, 0.2) is 48.5 Å². The van der Waals surface area contributed by atoms with Gasteiger partial charge in [0.15, 0.2) is 0 Å². The first kappa shape index (κ1) is 20.6. The Morgan fingerprint density at radius 2 is 1.86 bits per heavy atom. The van der Waals surface area contributed by atoms with E-state index in [0.29, 0.717) is 28.4 Å². The molecule has 0 bridgehead atoms. The van der Waals surface area contributed by atoms with Gasteiger partial charge in [-0.05, 0) is 49.2 Å². The van der Waals surface area contributed by atoms with Crippen LogP contribution in [0.25, 0.3) is 0 Å². The van der Waals surface area contributed by atoms with Crippen molar-refractivity contribution in [2.24, 2.45) is 0 Å². The van der Waals surface area contributed by atoms with Gasteiger partial charge in [0.25, 0.3) is 0 Å². The average Bonchev–Trinajstić information content (AvgIpc) is 2.94. The lowest BCUT2D eigenvalue weighted by Crippen LogP contribution is -2.33. The first-order valence-corrected chi connectivity index (χ1v) is 9.46. The van der Waals surface area contributed by atoms with E-state index in [1.165, 1.54) is 12.1 Å². The minimum absolute atomic E-state index is 0.0327. The molecule has 148 valence electrons. The van der Waals surface area contributed by atoms with Crippen molar-refractivity contribution in [2.45, 2.75) is 33.5 Å². The largest absolute Gasteiger partial charge is 0.332 e. The summed E-state index contributed by atoms with van der Waals surface area (Å²) >= 11 is 6.19. The summed E-state index contributed by atoms with van der Waals surface area (Å²) in [6.45, 7) is 4.22. The van der Waals surface area contributed by atoms with E-state index in [1.54, 1.807) is 40.8 Å². The Kier molecular flexibility index (Phi) is 6.30. The maximum Gasteiger partial charge on any atom is 0.244 e. The van der Waals surface area contributed by atoms with Crippen LogP contribution in [0.3, 0.4) is 0 Å². The molecule has 0 spiro atoms. The lowest BCUT2D eigenvalue weighted by molar-refractivity contribution is -0.133. The molecule has 0 aliphatic heterocycles. The van der Waals surface area contributed by atoms with Gasteiger partial charge in [-0.25, -0.2) is 4.39 Å². The van der Waals surface area contributed by atoms with E-state index in [4.69, 9.17) is 16.9 Å². The van der Waals surface area contributed by atoms with E-state index in [1.807, 2.05) is 19.1 Å². The number of rotatable bonds is 6. The van der Waals surface area contributed by atoms with Gasteiger partial charge in [-0.15, -0.1) is 0 Å². The highest BCUT2D eigenvalue weighted by atomic mass is 35.5. The van der Waals surface area contributed by atoms with Gasteiger partial charge >= 0.3 is 0 Å². The highest BCUT2D eigenvalue weighted by molar-refractivity contribution is 6.31. The molecule has 5 nitrogen and oxygen atoms in total. The molecular weight excluding hydrogens is 391 g/mol. The average molecular weight is 411 g/mol. The summed E-state index contributed by atoms with van der Waals surface area (Å²) in [5, 5.41) is 13.8. The number of nitrogens with zero attached hydrogens (tertiary/aromatic N) is 4. The van der Waals surface area contributed by atoms with Crippen LogP contribution in [0.4, 0.5) is 4.39 Å². The number of halogens is 2. The maximum atomic E-state index is 13.6. The van der Waals surface area contributed by atoms with Crippen LogP contribution in [0.5, 0.6) is 0 Å². The summed E-state index contributed by atoms with van der Waals surface area (Å²) in [5.74, 6) is -0.514. The first-order valence-electron chi connectivity index (χ1n) is 9.08. The van der Waals surface area contributed by atoms with Crippen LogP contribution in [-0.2, 0) is 24.4 Å².